The van der Waals surface area contributed by atoms with E-state index in [0.717, 1.165) is 10.2 Å². The summed E-state index contributed by atoms with van der Waals surface area (Å²) in [5.74, 6) is 0.761. The Balaban J connectivity index is 1.76. The number of rotatable bonds is 5. The lowest BCUT2D eigenvalue weighted by molar-refractivity contribution is 0.0987. The lowest BCUT2D eigenvalue weighted by Crippen LogP contribution is -2.25. The summed E-state index contributed by atoms with van der Waals surface area (Å²) in [6, 6.07) is 15.7. The van der Waals surface area contributed by atoms with Crippen molar-refractivity contribution in [2.45, 2.75) is 0 Å². The number of halogens is 1. The minimum absolute atomic E-state index is 0.341. The molecule has 0 radical (unpaired) electrons. The molecule has 0 atom stereocenters. The van der Waals surface area contributed by atoms with E-state index in [1.807, 2.05) is 12.1 Å². The predicted octanol–water partition coefficient (Wildman–Crippen LogP) is 5.23. The van der Waals surface area contributed by atoms with E-state index >= 15 is 0 Å². The number of ether oxygens (including phenoxy) is 1. The van der Waals surface area contributed by atoms with Gasteiger partial charge in [-0.25, -0.2) is 4.98 Å². The number of carbonyl (C=O) groups excluding carboxylic acids is 1. The van der Waals surface area contributed by atoms with Crippen molar-refractivity contribution < 1.29 is 13.9 Å². The first-order chi connectivity index (χ1) is 13.6. The van der Waals surface area contributed by atoms with Gasteiger partial charge < -0.3 is 9.15 Å². The Morgan fingerprint density at radius 1 is 1.25 bits per heavy atom. The second kappa shape index (κ2) is 7.84. The summed E-state index contributed by atoms with van der Waals surface area (Å²) in [5, 5.41) is 6.60. The maximum Gasteiger partial charge on any atom is 0.280 e. The first-order valence-corrected chi connectivity index (χ1v) is 9.45. The summed E-state index contributed by atoms with van der Waals surface area (Å²) in [7, 11) is 1.55. The summed E-state index contributed by atoms with van der Waals surface area (Å²) in [6.45, 7) is 0. The molecule has 2 heterocycles. The maximum absolute atomic E-state index is 13.2. The van der Waals surface area contributed by atoms with Crippen LogP contribution < -0.4 is 9.75 Å². The fraction of sp³-hybridized carbons (Fsp3) is 0.0500. The van der Waals surface area contributed by atoms with Gasteiger partial charge in [-0.05, 0) is 48.5 Å². The topological polar surface area (TPSA) is 67.9 Å². The number of aromatic nitrogens is 1. The highest BCUT2D eigenvalue weighted by molar-refractivity contribution is 7.22. The Morgan fingerprint density at radius 2 is 2.14 bits per heavy atom. The van der Waals surface area contributed by atoms with Crippen molar-refractivity contribution >= 4 is 50.4 Å². The van der Waals surface area contributed by atoms with Crippen molar-refractivity contribution in [3.63, 3.8) is 0 Å². The van der Waals surface area contributed by atoms with Gasteiger partial charge in [-0.15, -0.1) is 0 Å². The SMILES string of the molecule is COc1cccc(C(=O)N(/N=C\c2ccco2)c2nc3ccc(Cl)cc3s2)c1. The summed E-state index contributed by atoms with van der Waals surface area (Å²) >= 11 is 7.39. The number of hydrazone groups is 1. The van der Waals surface area contributed by atoms with E-state index in [9.17, 15) is 4.79 Å². The highest BCUT2D eigenvalue weighted by Crippen LogP contribution is 2.32. The largest absolute Gasteiger partial charge is 0.497 e. The molecule has 0 bridgehead atoms. The third kappa shape index (κ3) is 3.76. The van der Waals surface area contributed by atoms with Crippen LogP contribution in [-0.4, -0.2) is 24.2 Å². The average molecular weight is 412 g/mol. The Kier molecular flexibility index (Phi) is 5.10. The Morgan fingerprint density at radius 3 is 2.93 bits per heavy atom. The lowest BCUT2D eigenvalue weighted by atomic mass is 10.2. The smallest absolute Gasteiger partial charge is 0.280 e. The number of fused-ring (bicyclic) bond motifs is 1. The first-order valence-electron chi connectivity index (χ1n) is 8.26. The Hall–Kier alpha value is -3.16. The fourth-order valence-corrected chi connectivity index (χ4v) is 3.72. The second-order valence-electron chi connectivity index (χ2n) is 5.72. The van der Waals surface area contributed by atoms with Gasteiger partial charge in [0.1, 0.15) is 11.5 Å². The molecule has 0 N–H and O–H groups in total. The van der Waals surface area contributed by atoms with Gasteiger partial charge in [0.25, 0.3) is 5.91 Å². The van der Waals surface area contributed by atoms with Gasteiger partial charge in [0.2, 0.25) is 5.13 Å². The predicted molar refractivity (Wildman–Crippen MR) is 111 cm³/mol. The van der Waals surface area contributed by atoms with E-state index in [1.165, 1.54) is 28.8 Å². The monoisotopic (exact) mass is 411 g/mol. The summed E-state index contributed by atoms with van der Waals surface area (Å²) in [6.07, 6.45) is 3.01. The molecule has 6 nitrogen and oxygen atoms in total. The van der Waals surface area contributed by atoms with Crippen LogP contribution in [-0.2, 0) is 0 Å². The third-order valence-corrected chi connectivity index (χ3v) is 5.10. The van der Waals surface area contributed by atoms with E-state index in [4.69, 9.17) is 20.8 Å². The molecule has 4 rings (SSSR count). The van der Waals surface area contributed by atoms with Gasteiger partial charge in [-0.2, -0.15) is 10.1 Å². The molecule has 0 aliphatic carbocycles. The molecule has 4 aromatic rings. The highest BCUT2D eigenvalue weighted by Gasteiger charge is 2.21. The Labute approximate surface area is 169 Å². The minimum atomic E-state index is -0.341. The molecule has 1 amide bonds. The van der Waals surface area contributed by atoms with Crippen molar-refractivity contribution in [2.75, 3.05) is 12.1 Å². The molecule has 8 heteroatoms. The molecule has 28 heavy (non-hydrogen) atoms. The molecule has 2 aromatic carbocycles. The van der Waals surface area contributed by atoms with Crippen LogP contribution in [0.3, 0.4) is 0 Å². The number of furan rings is 1. The summed E-state index contributed by atoms with van der Waals surface area (Å²) < 4.78 is 11.4. The van der Waals surface area contributed by atoms with Crippen molar-refractivity contribution in [3.05, 3.63) is 77.2 Å². The van der Waals surface area contributed by atoms with Gasteiger partial charge in [-0.1, -0.05) is 29.0 Å². The van der Waals surface area contributed by atoms with Crippen LogP contribution in [0.25, 0.3) is 10.2 Å². The van der Waals surface area contributed by atoms with Gasteiger partial charge in [0.05, 0.1) is 29.8 Å². The number of benzene rings is 2. The van der Waals surface area contributed by atoms with Crippen LogP contribution in [0.5, 0.6) is 5.75 Å². The van der Waals surface area contributed by atoms with Crippen molar-refractivity contribution in [1.82, 2.24) is 4.98 Å². The van der Waals surface area contributed by atoms with Gasteiger partial charge in [0, 0.05) is 10.6 Å². The third-order valence-electron chi connectivity index (χ3n) is 3.87. The number of carbonyl (C=O) groups is 1. The fourth-order valence-electron chi connectivity index (χ4n) is 2.52. The van der Waals surface area contributed by atoms with E-state index in [2.05, 4.69) is 10.1 Å². The molecule has 0 saturated heterocycles. The average Bonchev–Trinajstić information content (AvgIpc) is 3.37. The van der Waals surface area contributed by atoms with Crippen LogP contribution in [0, 0.1) is 0 Å². The number of methoxy groups -OCH3 is 1. The highest BCUT2D eigenvalue weighted by atomic mass is 35.5. The number of anilines is 1. The zero-order valence-corrected chi connectivity index (χ0v) is 16.3. The van der Waals surface area contributed by atoms with Crippen molar-refractivity contribution in [2.24, 2.45) is 5.10 Å². The van der Waals surface area contributed by atoms with Crippen LogP contribution >= 0.6 is 22.9 Å². The molecule has 0 aliphatic rings. The van der Waals surface area contributed by atoms with Crippen LogP contribution in [0.4, 0.5) is 5.13 Å². The van der Waals surface area contributed by atoms with E-state index in [0.29, 0.717) is 27.2 Å². The molecule has 0 aliphatic heterocycles. The van der Waals surface area contributed by atoms with E-state index < -0.39 is 0 Å². The molecular formula is C20H14ClN3O3S. The standard InChI is InChI=1S/C20H14ClN3O3S/c1-26-15-5-2-4-13(10-15)19(25)24(22-12-16-6-3-9-27-16)20-23-17-8-7-14(21)11-18(17)28-20/h2-12H,1H3/b22-12-. The molecular weight excluding hydrogens is 398 g/mol. The number of amides is 1. The molecule has 0 spiro atoms. The van der Waals surface area contributed by atoms with Crippen molar-refractivity contribution in [1.29, 1.82) is 0 Å². The summed E-state index contributed by atoms with van der Waals surface area (Å²) in [4.78, 5) is 17.7. The molecule has 0 saturated carbocycles. The zero-order chi connectivity index (χ0) is 19.5. The quantitative estimate of drug-likeness (QED) is 0.333. The summed E-state index contributed by atoms with van der Waals surface area (Å²) in [5.41, 5.74) is 1.16. The van der Waals surface area contributed by atoms with E-state index in [-0.39, 0.29) is 5.91 Å². The number of hydrogen-bond acceptors (Lipinski definition) is 6. The second-order valence-corrected chi connectivity index (χ2v) is 7.16. The molecule has 2 aromatic heterocycles. The molecule has 0 unspecified atom stereocenters. The normalized spacial score (nSPS) is 11.2. The van der Waals surface area contributed by atoms with E-state index in [1.54, 1.807) is 49.6 Å². The first kappa shape index (κ1) is 18.2. The van der Waals surface area contributed by atoms with Gasteiger partial charge in [0.15, 0.2) is 0 Å². The zero-order valence-electron chi connectivity index (χ0n) is 14.7. The number of thiazole rings is 1. The maximum atomic E-state index is 13.2. The Bertz CT molecular complexity index is 1150. The number of nitrogens with zero attached hydrogens (tertiary/aromatic N) is 3. The molecule has 0 fully saturated rings. The van der Waals surface area contributed by atoms with Gasteiger partial charge >= 0.3 is 0 Å². The van der Waals surface area contributed by atoms with Crippen LogP contribution in [0.1, 0.15) is 16.1 Å². The van der Waals surface area contributed by atoms with Crippen LogP contribution in [0.2, 0.25) is 5.02 Å². The number of hydrogen-bond donors (Lipinski definition) is 0. The molecule has 140 valence electrons. The minimum Gasteiger partial charge on any atom is -0.497 e. The van der Waals surface area contributed by atoms with Crippen molar-refractivity contribution in [3.8, 4) is 5.75 Å². The van der Waals surface area contributed by atoms with Gasteiger partial charge in [-0.3, -0.25) is 4.79 Å². The lowest BCUT2D eigenvalue weighted by Gasteiger charge is -2.14. The van der Waals surface area contributed by atoms with Crippen LogP contribution in [0.15, 0.2) is 70.4 Å².